The van der Waals surface area contributed by atoms with Crippen LogP contribution in [0.25, 0.3) is 0 Å². The summed E-state index contributed by atoms with van der Waals surface area (Å²) < 4.78 is 38.0. The van der Waals surface area contributed by atoms with Gasteiger partial charge >= 0.3 is 6.18 Å². The summed E-state index contributed by atoms with van der Waals surface area (Å²) in [5, 5.41) is 7.50. The maximum absolute atomic E-state index is 12.3. The van der Waals surface area contributed by atoms with Crippen molar-refractivity contribution in [3.8, 4) is 0 Å². The fourth-order valence-corrected chi connectivity index (χ4v) is 1.97. The molecule has 0 bridgehead atoms. The van der Waals surface area contributed by atoms with Crippen molar-refractivity contribution in [2.75, 3.05) is 0 Å². The summed E-state index contributed by atoms with van der Waals surface area (Å²) in [5.74, 6) is 0. The van der Waals surface area contributed by atoms with Crippen molar-refractivity contribution in [1.29, 1.82) is 0 Å². The molecule has 0 aliphatic carbocycles. The molecule has 0 aliphatic rings. The number of alkyl halides is 3. The highest BCUT2D eigenvalue weighted by Crippen LogP contribution is 2.21. The molecule has 0 saturated heterocycles. The van der Waals surface area contributed by atoms with Gasteiger partial charge in [0.25, 0.3) is 0 Å². The van der Waals surface area contributed by atoms with Crippen molar-refractivity contribution in [1.82, 2.24) is 14.8 Å². The van der Waals surface area contributed by atoms with Gasteiger partial charge in [0.15, 0.2) is 6.61 Å². The Labute approximate surface area is 132 Å². The van der Waals surface area contributed by atoms with Crippen molar-refractivity contribution < 1.29 is 18.0 Å². The van der Waals surface area contributed by atoms with E-state index in [-0.39, 0.29) is 6.61 Å². The molecule has 0 unspecified atom stereocenters. The maximum atomic E-state index is 12.3. The zero-order chi connectivity index (χ0) is 16.2. The molecule has 0 saturated carbocycles. The van der Waals surface area contributed by atoms with Crippen molar-refractivity contribution in [3.63, 3.8) is 0 Å². The van der Waals surface area contributed by atoms with E-state index in [2.05, 4.69) is 31.2 Å². The molecule has 0 fully saturated rings. The van der Waals surface area contributed by atoms with Gasteiger partial charge < -0.3 is 4.84 Å². The lowest BCUT2D eigenvalue weighted by molar-refractivity contribution is -0.142. The molecule has 9 heteroatoms. The highest BCUT2D eigenvalue weighted by atomic mass is 79.9. The number of aromatic nitrogens is 3. The van der Waals surface area contributed by atoms with Crippen LogP contribution >= 0.6 is 15.9 Å². The fraction of sp³-hybridized carbons (Fsp3) is 0.308. The molecule has 0 radical (unpaired) electrons. The Kier molecular flexibility index (Phi) is 5.17. The van der Waals surface area contributed by atoms with E-state index in [0.717, 1.165) is 10.2 Å². The molecule has 0 amide bonds. The monoisotopic (exact) mass is 376 g/mol. The molecular weight excluding hydrogens is 365 g/mol. The molecule has 2 aromatic rings. The van der Waals surface area contributed by atoms with Gasteiger partial charge in [-0.15, -0.1) is 0 Å². The topological polar surface area (TPSA) is 52.3 Å². The fourth-order valence-electron chi connectivity index (χ4n) is 1.54. The number of halogens is 4. The van der Waals surface area contributed by atoms with Crippen molar-refractivity contribution in [2.45, 2.75) is 26.3 Å². The van der Waals surface area contributed by atoms with Crippen LogP contribution in [0, 0.1) is 6.92 Å². The van der Waals surface area contributed by atoms with Crippen LogP contribution in [0.4, 0.5) is 13.2 Å². The van der Waals surface area contributed by atoms with Gasteiger partial charge in [-0.2, -0.15) is 18.3 Å². The molecule has 0 spiro atoms. The Balaban J connectivity index is 1.90. The third kappa shape index (κ3) is 5.14. The van der Waals surface area contributed by atoms with Crippen LogP contribution in [0.3, 0.4) is 0 Å². The number of rotatable bonds is 5. The number of nitrogens with zero attached hydrogens (tertiary/aromatic N) is 4. The number of oxime groups is 1. The van der Waals surface area contributed by atoms with Crippen LogP contribution in [-0.2, 0) is 18.0 Å². The second kappa shape index (κ2) is 6.91. The van der Waals surface area contributed by atoms with Gasteiger partial charge in [0.2, 0.25) is 0 Å². The van der Waals surface area contributed by atoms with E-state index in [1.165, 1.54) is 12.4 Å². The lowest BCUT2D eigenvalue weighted by Gasteiger charge is -2.05. The first-order valence-corrected chi connectivity index (χ1v) is 6.99. The quantitative estimate of drug-likeness (QED) is 0.593. The van der Waals surface area contributed by atoms with Gasteiger partial charge in [-0.25, -0.2) is 0 Å². The van der Waals surface area contributed by atoms with Gasteiger partial charge in [0.1, 0.15) is 12.2 Å². The van der Waals surface area contributed by atoms with Gasteiger partial charge in [-0.1, -0.05) is 11.2 Å². The van der Waals surface area contributed by atoms with Gasteiger partial charge in [0.05, 0.1) is 16.4 Å². The van der Waals surface area contributed by atoms with Gasteiger partial charge in [0, 0.05) is 12.4 Å². The standard InChI is InChI=1S/C13H12BrF3N4O/c1-9-2-3-10(18-4-9)5-19-22-7-12-11(14)6-21(20-12)8-13(15,16)17/h2-6H,7-8H2,1H3/b19-5+. The molecule has 0 aliphatic heterocycles. The minimum atomic E-state index is -4.32. The summed E-state index contributed by atoms with van der Waals surface area (Å²) >= 11 is 3.13. The van der Waals surface area contributed by atoms with Crippen molar-refractivity contribution >= 4 is 22.1 Å². The molecular formula is C13H12BrF3N4O. The van der Waals surface area contributed by atoms with Gasteiger partial charge in [-0.05, 0) is 34.5 Å². The number of hydrogen-bond donors (Lipinski definition) is 0. The first-order chi connectivity index (χ1) is 10.3. The first-order valence-electron chi connectivity index (χ1n) is 6.20. The Bertz CT molecular complexity index is 652. The summed E-state index contributed by atoms with van der Waals surface area (Å²) in [7, 11) is 0. The van der Waals surface area contributed by atoms with Crippen LogP contribution in [0.15, 0.2) is 34.2 Å². The summed E-state index contributed by atoms with van der Waals surface area (Å²) in [4.78, 5) is 9.12. The SMILES string of the molecule is Cc1ccc(/C=N/OCc2nn(CC(F)(F)F)cc2Br)nc1. The van der Waals surface area contributed by atoms with Crippen molar-refractivity contribution in [2.24, 2.45) is 5.16 Å². The molecule has 22 heavy (non-hydrogen) atoms. The zero-order valence-electron chi connectivity index (χ0n) is 11.5. The van der Waals surface area contributed by atoms with E-state index < -0.39 is 12.7 Å². The Hall–Kier alpha value is -1.90. The molecule has 2 aromatic heterocycles. The second-order valence-corrected chi connectivity index (χ2v) is 5.36. The largest absolute Gasteiger partial charge is 0.408 e. The highest BCUT2D eigenvalue weighted by Gasteiger charge is 2.28. The molecule has 118 valence electrons. The zero-order valence-corrected chi connectivity index (χ0v) is 13.1. The number of pyridine rings is 1. The van der Waals surface area contributed by atoms with Crippen LogP contribution in [-0.4, -0.2) is 27.2 Å². The number of aryl methyl sites for hydroxylation is 1. The van der Waals surface area contributed by atoms with E-state index in [9.17, 15) is 13.2 Å². The van der Waals surface area contributed by atoms with E-state index in [1.807, 2.05) is 13.0 Å². The van der Waals surface area contributed by atoms with E-state index in [1.54, 1.807) is 12.3 Å². The van der Waals surface area contributed by atoms with Crippen LogP contribution in [0.1, 0.15) is 17.0 Å². The van der Waals surface area contributed by atoms with E-state index in [0.29, 0.717) is 15.9 Å². The molecule has 0 aromatic carbocycles. The first kappa shape index (κ1) is 16.5. The molecule has 0 N–H and O–H groups in total. The Morgan fingerprint density at radius 2 is 2.18 bits per heavy atom. The van der Waals surface area contributed by atoms with E-state index in [4.69, 9.17) is 4.84 Å². The minimum absolute atomic E-state index is 0.0478. The lowest BCUT2D eigenvalue weighted by Crippen LogP contribution is -2.18. The van der Waals surface area contributed by atoms with Crippen LogP contribution in [0.5, 0.6) is 0 Å². The third-order valence-electron chi connectivity index (χ3n) is 2.52. The maximum Gasteiger partial charge on any atom is 0.408 e. The Morgan fingerprint density at radius 3 is 2.82 bits per heavy atom. The minimum Gasteiger partial charge on any atom is -0.389 e. The third-order valence-corrected chi connectivity index (χ3v) is 3.19. The molecule has 2 heterocycles. The average Bonchev–Trinajstić information content (AvgIpc) is 2.74. The van der Waals surface area contributed by atoms with Crippen LogP contribution in [0.2, 0.25) is 0 Å². The van der Waals surface area contributed by atoms with E-state index >= 15 is 0 Å². The normalized spacial score (nSPS) is 12.0. The molecule has 2 rings (SSSR count). The summed E-state index contributed by atoms with van der Waals surface area (Å²) in [6.07, 6.45) is 0.0348. The summed E-state index contributed by atoms with van der Waals surface area (Å²) in [5.41, 5.74) is 1.97. The summed E-state index contributed by atoms with van der Waals surface area (Å²) in [6.45, 7) is 0.717. The van der Waals surface area contributed by atoms with Gasteiger partial charge in [-0.3, -0.25) is 9.67 Å². The Morgan fingerprint density at radius 1 is 1.41 bits per heavy atom. The lowest BCUT2D eigenvalue weighted by atomic mass is 10.3. The molecule has 5 nitrogen and oxygen atoms in total. The van der Waals surface area contributed by atoms with Crippen LogP contribution < -0.4 is 0 Å². The highest BCUT2D eigenvalue weighted by molar-refractivity contribution is 9.10. The molecule has 0 atom stereocenters. The number of hydrogen-bond acceptors (Lipinski definition) is 4. The summed E-state index contributed by atoms with van der Waals surface area (Å²) in [6, 6.07) is 3.65. The smallest absolute Gasteiger partial charge is 0.389 e. The predicted octanol–water partition coefficient (Wildman–Crippen LogP) is 3.46. The average molecular weight is 377 g/mol. The second-order valence-electron chi connectivity index (χ2n) is 4.50. The predicted molar refractivity (Wildman–Crippen MR) is 77.3 cm³/mol. The van der Waals surface area contributed by atoms with Crippen molar-refractivity contribution in [3.05, 3.63) is 46.0 Å².